The maximum atomic E-state index is 14.7. The van der Waals surface area contributed by atoms with E-state index in [-0.39, 0.29) is 36.8 Å². The smallest absolute Gasteiger partial charge is 0.264 e. The van der Waals surface area contributed by atoms with E-state index in [0.717, 1.165) is 46.5 Å². The lowest BCUT2D eigenvalue weighted by atomic mass is 9.70. The van der Waals surface area contributed by atoms with Crippen LogP contribution in [0.3, 0.4) is 0 Å². The van der Waals surface area contributed by atoms with Crippen LogP contribution < -0.4 is 9.80 Å². The van der Waals surface area contributed by atoms with Crippen LogP contribution in [0.2, 0.25) is 0 Å². The van der Waals surface area contributed by atoms with Gasteiger partial charge >= 0.3 is 0 Å². The van der Waals surface area contributed by atoms with E-state index in [1.807, 2.05) is 84.6 Å². The summed E-state index contributed by atoms with van der Waals surface area (Å²) in [5.41, 5.74) is 2.82. The van der Waals surface area contributed by atoms with Gasteiger partial charge in [-0.3, -0.25) is 14.4 Å². The fraction of sp³-hybridized carbons (Fsp3) is 0.462. The summed E-state index contributed by atoms with van der Waals surface area (Å²) in [5.74, 6) is -1.22. The summed E-state index contributed by atoms with van der Waals surface area (Å²) in [4.78, 5) is 46.6. The number of ether oxygens (including phenoxy) is 1. The molecular weight excluding hydrogens is 606 g/mol. The molecule has 0 aliphatic carbocycles. The Labute approximate surface area is 282 Å². The van der Waals surface area contributed by atoms with Crippen LogP contribution in [0.5, 0.6) is 0 Å². The molecule has 2 saturated heterocycles. The Morgan fingerprint density at radius 2 is 1.69 bits per heavy atom. The highest BCUT2D eigenvalue weighted by molar-refractivity contribution is 6.07. The maximum Gasteiger partial charge on any atom is 0.264 e. The molecule has 4 aliphatic heterocycles. The molecule has 0 bridgehead atoms. The summed E-state index contributed by atoms with van der Waals surface area (Å²) < 4.78 is 6.87. The van der Waals surface area contributed by atoms with Crippen molar-refractivity contribution >= 4 is 29.1 Å². The van der Waals surface area contributed by atoms with E-state index in [9.17, 15) is 24.6 Å². The number of amides is 3. The molecule has 48 heavy (non-hydrogen) atoms. The van der Waals surface area contributed by atoms with Gasteiger partial charge in [-0.2, -0.15) is 0 Å². The number of carbonyl (C=O) groups is 3. The molecule has 2 fully saturated rings. The van der Waals surface area contributed by atoms with E-state index in [1.54, 1.807) is 23.6 Å². The average molecular weight is 652 g/mol. The van der Waals surface area contributed by atoms with E-state index in [0.29, 0.717) is 32.5 Å². The van der Waals surface area contributed by atoms with E-state index < -0.39 is 29.1 Å². The quantitative estimate of drug-likeness (QED) is 0.383. The first-order valence-corrected chi connectivity index (χ1v) is 17.2. The van der Waals surface area contributed by atoms with Crippen molar-refractivity contribution in [1.82, 2.24) is 4.90 Å². The number of anilines is 2. The zero-order valence-corrected chi connectivity index (χ0v) is 28.0. The fourth-order valence-corrected chi connectivity index (χ4v) is 8.76. The van der Waals surface area contributed by atoms with E-state index in [2.05, 4.69) is 0 Å². The number of hydrogen-bond donors (Lipinski definition) is 2. The predicted molar refractivity (Wildman–Crippen MR) is 182 cm³/mol. The van der Waals surface area contributed by atoms with Gasteiger partial charge in [0.05, 0.1) is 43.0 Å². The van der Waals surface area contributed by atoms with Gasteiger partial charge in [0.1, 0.15) is 0 Å². The number of fused-ring (bicyclic) bond motifs is 3. The summed E-state index contributed by atoms with van der Waals surface area (Å²) >= 11 is 0. The second-order valence-electron chi connectivity index (χ2n) is 14.5. The lowest BCUT2D eigenvalue weighted by molar-refractivity contribution is -0.151. The van der Waals surface area contributed by atoms with E-state index in [4.69, 9.17) is 4.74 Å². The topological polar surface area (TPSA) is 111 Å². The third kappa shape index (κ3) is 5.42. The Morgan fingerprint density at radius 3 is 2.40 bits per heavy atom. The molecule has 3 amide bonds. The molecule has 0 aromatic heterocycles. The highest BCUT2D eigenvalue weighted by atomic mass is 16.5. The van der Waals surface area contributed by atoms with Crippen LogP contribution in [0.4, 0.5) is 11.4 Å². The zero-order chi connectivity index (χ0) is 33.8. The standard InChI is InChI=1S/C39H45N3O6/c1-25-36(38(2,3)47)33(21-35(45)41-23-28-11-5-4-10-27(28)20-30(41)24-43)48-39(25)31-12-6-7-13-32(31)42(37(39)46)22-26-15-17-29(18-16-26)40-19-9-8-14-34(40)44/h4-7,10-13,15-18,25,30,33,36,43,47H,8-9,14,19-24H2,1-3H3/t25-,30-,33+,36-,39+/m0/s1. The Bertz CT molecular complexity index is 1720. The van der Waals surface area contributed by atoms with E-state index in [1.165, 1.54) is 0 Å². The van der Waals surface area contributed by atoms with Gasteiger partial charge in [0.15, 0.2) is 5.60 Å². The molecule has 3 aromatic rings. The lowest BCUT2D eigenvalue weighted by Crippen LogP contribution is -2.48. The minimum atomic E-state index is -1.38. The normalized spacial score (nSPS) is 27.1. The van der Waals surface area contributed by atoms with Crippen LogP contribution in [0.25, 0.3) is 0 Å². The number of rotatable bonds is 7. The summed E-state index contributed by atoms with van der Waals surface area (Å²) in [6, 6.07) is 23.1. The highest BCUT2D eigenvalue weighted by Crippen LogP contribution is 2.58. The molecule has 252 valence electrons. The van der Waals surface area contributed by atoms with Gasteiger partial charge in [-0.1, -0.05) is 61.5 Å². The number of hydrogen-bond acceptors (Lipinski definition) is 6. The molecule has 4 heterocycles. The highest BCUT2D eigenvalue weighted by Gasteiger charge is 2.66. The predicted octanol–water partition coefficient (Wildman–Crippen LogP) is 4.70. The largest absolute Gasteiger partial charge is 0.394 e. The van der Waals surface area contributed by atoms with Gasteiger partial charge in [-0.05, 0) is 68.0 Å². The van der Waals surface area contributed by atoms with E-state index >= 15 is 0 Å². The van der Waals surface area contributed by atoms with Gasteiger partial charge < -0.3 is 29.6 Å². The molecular formula is C39H45N3O6. The first-order valence-electron chi connectivity index (χ1n) is 17.2. The van der Waals surface area contributed by atoms with Crippen molar-refractivity contribution in [2.45, 2.75) is 89.3 Å². The molecule has 5 atom stereocenters. The first-order chi connectivity index (χ1) is 23.0. The molecule has 0 radical (unpaired) electrons. The number of piperidine rings is 1. The molecule has 0 saturated carbocycles. The Morgan fingerprint density at radius 1 is 0.979 bits per heavy atom. The number of aliphatic hydroxyl groups excluding tert-OH is 1. The molecule has 4 aliphatic rings. The van der Waals surface area contributed by atoms with Crippen LogP contribution >= 0.6 is 0 Å². The number of benzene rings is 3. The number of nitrogens with zero attached hydrogens (tertiary/aromatic N) is 3. The van der Waals surface area contributed by atoms with Crippen molar-refractivity contribution in [3.8, 4) is 0 Å². The van der Waals surface area contributed by atoms with Crippen LogP contribution in [0.1, 0.15) is 68.7 Å². The van der Waals surface area contributed by atoms with Gasteiger partial charge in [0, 0.05) is 42.6 Å². The Kier molecular flexibility index (Phi) is 8.42. The van der Waals surface area contributed by atoms with Crippen LogP contribution in [-0.2, 0) is 44.2 Å². The number of carbonyl (C=O) groups excluding carboxylic acids is 3. The Balaban J connectivity index is 1.17. The monoisotopic (exact) mass is 651 g/mol. The zero-order valence-electron chi connectivity index (χ0n) is 28.0. The second kappa shape index (κ2) is 12.4. The molecule has 0 unspecified atom stereocenters. The van der Waals surface area contributed by atoms with Crippen molar-refractivity contribution < 1.29 is 29.3 Å². The van der Waals surface area contributed by atoms with Crippen molar-refractivity contribution in [3.63, 3.8) is 0 Å². The third-order valence-electron chi connectivity index (χ3n) is 11.1. The van der Waals surface area contributed by atoms with Crippen molar-refractivity contribution in [3.05, 3.63) is 95.1 Å². The summed E-state index contributed by atoms with van der Waals surface area (Å²) in [5, 5.41) is 21.8. The van der Waals surface area contributed by atoms with Crippen LogP contribution in [0.15, 0.2) is 72.8 Å². The molecule has 9 heteroatoms. The average Bonchev–Trinajstić information content (AvgIpc) is 3.50. The van der Waals surface area contributed by atoms with Crippen molar-refractivity contribution in [2.24, 2.45) is 11.8 Å². The number of aliphatic hydroxyl groups is 2. The van der Waals surface area contributed by atoms with Gasteiger partial charge in [0.2, 0.25) is 11.8 Å². The lowest BCUT2D eigenvalue weighted by Gasteiger charge is -2.38. The minimum Gasteiger partial charge on any atom is -0.394 e. The molecule has 9 nitrogen and oxygen atoms in total. The van der Waals surface area contributed by atoms with Crippen molar-refractivity contribution in [2.75, 3.05) is 23.0 Å². The second-order valence-corrected chi connectivity index (χ2v) is 14.5. The summed E-state index contributed by atoms with van der Waals surface area (Å²) in [6.07, 6.45) is 2.28. The summed E-state index contributed by atoms with van der Waals surface area (Å²) in [7, 11) is 0. The maximum absolute atomic E-state index is 14.7. The molecule has 1 spiro atoms. The van der Waals surface area contributed by atoms with Gasteiger partial charge in [-0.15, -0.1) is 0 Å². The third-order valence-corrected chi connectivity index (χ3v) is 11.1. The number of para-hydroxylation sites is 1. The summed E-state index contributed by atoms with van der Waals surface area (Å²) in [6.45, 7) is 6.65. The van der Waals surface area contributed by atoms with Crippen LogP contribution in [-0.4, -0.2) is 63.7 Å². The van der Waals surface area contributed by atoms with Gasteiger partial charge in [0.25, 0.3) is 5.91 Å². The molecule has 3 aromatic carbocycles. The fourth-order valence-electron chi connectivity index (χ4n) is 8.76. The SMILES string of the molecule is C[C@H]1[C@H](C(C)(C)O)[C@@H](CC(=O)N2Cc3ccccc3C[C@H]2CO)O[C@]12C(=O)N(Cc1ccc(N3CCCCC3=O)cc1)c1ccccc12. The molecule has 7 rings (SSSR count). The first kappa shape index (κ1) is 32.5. The van der Waals surface area contributed by atoms with Gasteiger partial charge in [-0.25, -0.2) is 0 Å². The Hall–Kier alpha value is -4.05. The molecule has 2 N–H and O–H groups in total. The van der Waals surface area contributed by atoms with Crippen molar-refractivity contribution in [1.29, 1.82) is 0 Å². The minimum absolute atomic E-state index is 0.0223. The van der Waals surface area contributed by atoms with Crippen LogP contribution in [0, 0.1) is 11.8 Å².